The average Bonchev–Trinajstić information content (AvgIpc) is 2.59. The van der Waals surface area contributed by atoms with E-state index < -0.39 is 11.8 Å². The Bertz CT molecular complexity index is 753. The van der Waals surface area contributed by atoms with E-state index in [4.69, 9.17) is 14.3 Å². The number of hydrogen-bond acceptors (Lipinski definition) is 5. The maximum Gasteiger partial charge on any atom is 0.528 e. The fourth-order valence-corrected chi connectivity index (χ4v) is 3.03. The van der Waals surface area contributed by atoms with Crippen LogP contribution in [0.25, 0.3) is 10.8 Å². The molecule has 1 atom stereocenters. The molecule has 1 heterocycles. The third-order valence-electron chi connectivity index (χ3n) is 4.24. The molecule has 0 spiro atoms. The van der Waals surface area contributed by atoms with Gasteiger partial charge >= 0.3 is 6.16 Å². The molecule has 1 aliphatic rings. The van der Waals surface area contributed by atoms with Crippen molar-refractivity contribution in [2.45, 2.75) is 58.5 Å². The second-order valence-electron chi connectivity index (χ2n) is 7.64. The molecular formula is C21H27NO4. The Balaban J connectivity index is 1.59. The van der Waals surface area contributed by atoms with E-state index in [-0.39, 0.29) is 6.23 Å². The molecule has 0 aromatic heterocycles. The second-order valence-corrected chi connectivity index (χ2v) is 7.64. The van der Waals surface area contributed by atoms with E-state index >= 15 is 0 Å². The summed E-state index contributed by atoms with van der Waals surface area (Å²) >= 11 is 0. The van der Waals surface area contributed by atoms with Crippen molar-refractivity contribution >= 4 is 16.9 Å². The number of nitrogens with zero attached hydrogens (tertiary/aromatic N) is 1. The zero-order valence-electron chi connectivity index (χ0n) is 15.7. The van der Waals surface area contributed by atoms with E-state index in [0.29, 0.717) is 13.2 Å². The average molecular weight is 357 g/mol. The molecule has 140 valence electrons. The number of fused-ring (bicyclic) bond motifs is 1. The van der Waals surface area contributed by atoms with Crippen molar-refractivity contribution in [3.8, 4) is 0 Å². The summed E-state index contributed by atoms with van der Waals surface area (Å²) in [7, 11) is 0. The molecule has 0 saturated carbocycles. The van der Waals surface area contributed by atoms with Gasteiger partial charge in [0.25, 0.3) is 0 Å². The molecule has 2 aromatic rings. The fourth-order valence-electron chi connectivity index (χ4n) is 3.03. The van der Waals surface area contributed by atoms with Crippen molar-refractivity contribution in [2.75, 3.05) is 6.54 Å². The van der Waals surface area contributed by atoms with Crippen molar-refractivity contribution in [3.63, 3.8) is 0 Å². The molecule has 0 amide bonds. The Morgan fingerprint density at radius 3 is 2.65 bits per heavy atom. The zero-order chi connectivity index (χ0) is 18.6. The van der Waals surface area contributed by atoms with Gasteiger partial charge in [-0.1, -0.05) is 36.4 Å². The minimum absolute atomic E-state index is 0.247. The Morgan fingerprint density at radius 1 is 1.12 bits per heavy atom. The van der Waals surface area contributed by atoms with Crippen LogP contribution < -0.4 is 0 Å². The molecule has 1 fully saturated rings. The molecule has 0 N–H and O–H groups in total. The van der Waals surface area contributed by atoms with Gasteiger partial charge in [-0.05, 0) is 62.4 Å². The summed E-state index contributed by atoms with van der Waals surface area (Å²) in [5, 5.41) is 4.02. The van der Waals surface area contributed by atoms with E-state index in [1.54, 1.807) is 5.06 Å². The van der Waals surface area contributed by atoms with Gasteiger partial charge in [0.05, 0.1) is 6.61 Å². The van der Waals surface area contributed by atoms with E-state index in [9.17, 15) is 4.79 Å². The van der Waals surface area contributed by atoms with Gasteiger partial charge in [-0.2, -0.15) is 0 Å². The van der Waals surface area contributed by atoms with Gasteiger partial charge < -0.3 is 14.3 Å². The number of hydrogen-bond donors (Lipinski definition) is 0. The third kappa shape index (κ3) is 5.19. The monoisotopic (exact) mass is 357 g/mol. The molecule has 2 aromatic carbocycles. The highest BCUT2D eigenvalue weighted by Crippen LogP contribution is 2.22. The van der Waals surface area contributed by atoms with Crippen LogP contribution in [0.4, 0.5) is 4.79 Å². The van der Waals surface area contributed by atoms with Crippen molar-refractivity contribution < 1.29 is 19.1 Å². The predicted molar refractivity (Wildman–Crippen MR) is 100 cm³/mol. The van der Waals surface area contributed by atoms with Gasteiger partial charge in [-0.3, -0.25) is 0 Å². The van der Waals surface area contributed by atoms with Crippen LogP contribution in [0.3, 0.4) is 0 Å². The summed E-state index contributed by atoms with van der Waals surface area (Å²) in [5.74, 6) is 0. The zero-order valence-corrected chi connectivity index (χ0v) is 15.7. The van der Waals surface area contributed by atoms with Crippen LogP contribution in [0.1, 0.15) is 45.6 Å². The van der Waals surface area contributed by atoms with Crippen molar-refractivity contribution in [2.24, 2.45) is 0 Å². The Kier molecular flexibility index (Phi) is 5.79. The van der Waals surface area contributed by atoms with Crippen LogP contribution >= 0.6 is 0 Å². The summed E-state index contributed by atoms with van der Waals surface area (Å²) in [5.41, 5.74) is 0.528. The number of benzene rings is 2. The van der Waals surface area contributed by atoms with Crippen molar-refractivity contribution in [1.82, 2.24) is 5.06 Å². The summed E-state index contributed by atoms with van der Waals surface area (Å²) in [6.07, 6.45) is 1.92. The van der Waals surface area contributed by atoms with E-state index in [1.165, 1.54) is 10.8 Å². The number of rotatable bonds is 4. The highest BCUT2D eigenvalue weighted by molar-refractivity contribution is 5.82. The Hall–Kier alpha value is -2.11. The molecule has 0 aliphatic carbocycles. The molecule has 5 heteroatoms. The largest absolute Gasteiger partial charge is 0.528 e. The van der Waals surface area contributed by atoms with Crippen molar-refractivity contribution in [1.29, 1.82) is 0 Å². The van der Waals surface area contributed by atoms with Gasteiger partial charge in [0.2, 0.25) is 0 Å². The molecule has 0 bridgehead atoms. The van der Waals surface area contributed by atoms with Crippen LogP contribution in [-0.2, 0) is 20.9 Å². The van der Waals surface area contributed by atoms with E-state index in [2.05, 4.69) is 30.3 Å². The second kappa shape index (κ2) is 8.06. The normalized spacial score (nSPS) is 18.7. The lowest BCUT2D eigenvalue weighted by atomic mass is 10.1. The summed E-state index contributed by atoms with van der Waals surface area (Å²) in [6.45, 7) is 6.58. The predicted octanol–water partition coefficient (Wildman–Crippen LogP) is 5.04. The smallest absolute Gasteiger partial charge is 0.427 e. The molecule has 3 rings (SSSR count). The molecule has 26 heavy (non-hydrogen) atoms. The molecule has 5 nitrogen and oxygen atoms in total. The summed E-state index contributed by atoms with van der Waals surface area (Å²) in [6, 6.07) is 14.6. The maximum absolute atomic E-state index is 12.0. The highest BCUT2D eigenvalue weighted by atomic mass is 16.8. The summed E-state index contributed by atoms with van der Waals surface area (Å²) < 4.78 is 11.3. The number of carbonyl (C=O) groups excluding carboxylic acids is 1. The number of piperidine rings is 1. The maximum atomic E-state index is 12.0. The molecule has 1 aliphatic heterocycles. The Morgan fingerprint density at radius 2 is 1.88 bits per heavy atom. The number of hydroxylamine groups is 2. The highest BCUT2D eigenvalue weighted by Gasteiger charge is 2.29. The van der Waals surface area contributed by atoms with Gasteiger partial charge in [-0.25, -0.2) is 4.79 Å². The molecule has 1 saturated heterocycles. The first-order valence-electron chi connectivity index (χ1n) is 9.18. The minimum atomic E-state index is -0.682. The minimum Gasteiger partial charge on any atom is -0.427 e. The van der Waals surface area contributed by atoms with Gasteiger partial charge in [0.1, 0.15) is 11.8 Å². The standard InChI is InChI=1S/C21H27NO4/c1-21(2,3)25-20(23)26-22-13-7-6-10-19(22)24-15-16-11-12-17-8-4-5-9-18(17)14-16/h4-5,8-9,11-12,14,19H,6-7,10,13,15H2,1-3H3. The third-order valence-corrected chi connectivity index (χ3v) is 4.24. The SMILES string of the molecule is CC(C)(C)OC(=O)ON1CCCCC1OCc1ccc2ccccc2c1. The van der Waals surface area contributed by atoms with Gasteiger partial charge in [0, 0.05) is 6.54 Å². The first kappa shape index (κ1) is 18.7. The molecule has 0 radical (unpaired) electrons. The van der Waals surface area contributed by atoms with Crippen LogP contribution in [0.5, 0.6) is 0 Å². The first-order valence-corrected chi connectivity index (χ1v) is 9.18. The Labute approximate surface area is 154 Å². The number of carbonyl (C=O) groups is 1. The molecular weight excluding hydrogens is 330 g/mol. The topological polar surface area (TPSA) is 48.0 Å². The first-order chi connectivity index (χ1) is 12.4. The van der Waals surface area contributed by atoms with Gasteiger partial charge in [0.15, 0.2) is 0 Å². The van der Waals surface area contributed by atoms with E-state index in [0.717, 1.165) is 24.8 Å². The quantitative estimate of drug-likeness (QED) is 0.718. The summed E-state index contributed by atoms with van der Waals surface area (Å²) in [4.78, 5) is 17.3. The van der Waals surface area contributed by atoms with Crippen LogP contribution in [0, 0.1) is 0 Å². The van der Waals surface area contributed by atoms with Crippen LogP contribution in [-0.4, -0.2) is 29.6 Å². The fraction of sp³-hybridized carbons (Fsp3) is 0.476. The number of ether oxygens (including phenoxy) is 2. The lowest BCUT2D eigenvalue weighted by molar-refractivity contribution is -0.246. The molecule has 1 unspecified atom stereocenters. The van der Waals surface area contributed by atoms with Gasteiger partial charge in [-0.15, -0.1) is 5.06 Å². The van der Waals surface area contributed by atoms with Crippen molar-refractivity contribution in [3.05, 3.63) is 48.0 Å². The van der Waals surface area contributed by atoms with Crippen LogP contribution in [0.2, 0.25) is 0 Å². The lowest BCUT2D eigenvalue weighted by Crippen LogP contribution is -2.43. The lowest BCUT2D eigenvalue weighted by Gasteiger charge is -2.33. The van der Waals surface area contributed by atoms with E-state index in [1.807, 2.05) is 32.9 Å². The van der Waals surface area contributed by atoms with Crippen LogP contribution in [0.15, 0.2) is 42.5 Å².